The Morgan fingerprint density at radius 1 is 1.13 bits per heavy atom. The predicted molar refractivity (Wildman–Crippen MR) is 116 cm³/mol. The molecule has 166 valence electrons. The summed E-state index contributed by atoms with van der Waals surface area (Å²) >= 11 is 0. The molecule has 2 aromatic heterocycles. The lowest BCUT2D eigenvalue weighted by atomic mass is 9.91. The molecule has 2 saturated carbocycles. The minimum absolute atomic E-state index is 0.000198. The molecular weight excluding hydrogens is 416 g/mol. The van der Waals surface area contributed by atoms with Gasteiger partial charge in [0.25, 0.3) is 15.9 Å². The van der Waals surface area contributed by atoms with Gasteiger partial charge in [-0.15, -0.1) is 0 Å². The normalized spacial score (nSPS) is 23.0. The minimum atomic E-state index is -4.20. The van der Waals surface area contributed by atoms with E-state index in [1.54, 1.807) is 12.1 Å². The molecule has 0 aliphatic heterocycles. The zero-order valence-corrected chi connectivity index (χ0v) is 18.8. The molecule has 0 spiro atoms. The molecule has 2 aliphatic rings. The molecule has 1 amide bonds. The summed E-state index contributed by atoms with van der Waals surface area (Å²) in [6, 6.07) is 7.52. The largest absolute Gasteiger partial charge is 0.473 e. The third kappa shape index (κ3) is 4.51. The number of rotatable bonds is 5. The highest BCUT2D eigenvalue weighted by atomic mass is 32.2. The molecular formula is C22H28N4O4S. The van der Waals surface area contributed by atoms with E-state index in [0.717, 1.165) is 25.0 Å². The number of hydrogen-bond acceptors (Lipinski definition) is 7. The molecule has 0 saturated heterocycles. The number of sulfonamides is 1. The maximum atomic E-state index is 13.0. The Labute approximate surface area is 182 Å². The number of nitrogens with zero attached hydrogens (tertiary/aromatic N) is 2. The van der Waals surface area contributed by atoms with Crippen LogP contribution in [0.4, 0.5) is 5.82 Å². The van der Waals surface area contributed by atoms with Crippen LogP contribution < -0.4 is 15.2 Å². The quantitative estimate of drug-likeness (QED) is 0.726. The number of anilines is 1. The first-order chi connectivity index (χ1) is 14.5. The van der Waals surface area contributed by atoms with Crippen molar-refractivity contribution in [2.75, 3.05) is 5.73 Å². The molecule has 2 aliphatic carbocycles. The van der Waals surface area contributed by atoms with Gasteiger partial charge >= 0.3 is 0 Å². The number of carbonyl (C=O) groups excluding carboxylic acids is 1. The zero-order chi connectivity index (χ0) is 22.4. The molecule has 2 bridgehead atoms. The van der Waals surface area contributed by atoms with Crippen molar-refractivity contribution in [2.45, 2.75) is 63.0 Å². The van der Waals surface area contributed by atoms with Crippen molar-refractivity contribution in [2.24, 2.45) is 11.8 Å². The SMILES string of the molecule is CC(C)(C)c1ccc(C(=O)NS(=O)(=O)c2cccc(N)n2)c(OC2CC3CCC2C3)n1. The van der Waals surface area contributed by atoms with E-state index in [4.69, 9.17) is 10.5 Å². The third-order valence-electron chi connectivity index (χ3n) is 6.06. The van der Waals surface area contributed by atoms with Crippen molar-refractivity contribution in [1.82, 2.24) is 14.7 Å². The lowest BCUT2D eigenvalue weighted by molar-refractivity contribution is 0.0959. The second kappa shape index (κ2) is 7.78. The van der Waals surface area contributed by atoms with Crippen molar-refractivity contribution >= 4 is 21.7 Å². The molecule has 3 N–H and O–H groups in total. The van der Waals surface area contributed by atoms with Crippen molar-refractivity contribution in [3.63, 3.8) is 0 Å². The van der Waals surface area contributed by atoms with Crippen molar-refractivity contribution in [1.29, 1.82) is 0 Å². The summed E-state index contributed by atoms with van der Waals surface area (Å²) in [4.78, 5) is 21.4. The highest BCUT2D eigenvalue weighted by Crippen LogP contribution is 2.46. The predicted octanol–water partition coefficient (Wildman–Crippen LogP) is 3.04. The van der Waals surface area contributed by atoms with Gasteiger partial charge in [0.15, 0.2) is 5.03 Å². The van der Waals surface area contributed by atoms with Crippen LogP contribution in [0.1, 0.15) is 62.5 Å². The third-order valence-corrected chi connectivity index (χ3v) is 7.29. The lowest BCUT2D eigenvalue weighted by Crippen LogP contribution is -2.33. The van der Waals surface area contributed by atoms with Gasteiger partial charge in [-0.05, 0) is 61.8 Å². The summed E-state index contributed by atoms with van der Waals surface area (Å²) in [5, 5.41) is -0.323. The van der Waals surface area contributed by atoms with Gasteiger partial charge in [-0.3, -0.25) is 4.79 Å². The van der Waals surface area contributed by atoms with E-state index < -0.39 is 15.9 Å². The average molecular weight is 445 g/mol. The molecule has 3 unspecified atom stereocenters. The first-order valence-corrected chi connectivity index (χ1v) is 12.0. The smallest absolute Gasteiger partial charge is 0.281 e. The van der Waals surface area contributed by atoms with E-state index >= 15 is 0 Å². The van der Waals surface area contributed by atoms with Crippen LogP contribution in [0.15, 0.2) is 35.4 Å². The van der Waals surface area contributed by atoms with E-state index in [1.807, 2.05) is 20.8 Å². The van der Waals surface area contributed by atoms with Crippen LogP contribution in [-0.4, -0.2) is 30.4 Å². The number of amides is 1. The van der Waals surface area contributed by atoms with Gasteiger partial charge in [-0.1, -0.05) is 26.8 Å². The molecule has 0 aromatic carbocycles. The van der Waals surface area contributed by atoms with Gasteiger partial charge in [-0.25, -0.2) is 14.7 Å². The van der Waals surface area contributed by atoms with E-state index in [0.29, 0.717) is 11.8 Å². The van der Waals surface area contributed by atoms with Gasteiger partial charge in [0.05, 0.1) is 0 Å². The summed E-state index contributed by atoms with van der Waals surface area (Å²) in [6.07, 6.45) is 4.42. The first-order valence-electron chi connectivity index (χ1n) is 10.5. The van der Waals surface area contributed by atoms with Gasteiger partial charge in [0, 0.05) is 11.1 Å². The molecule has 2 fully saturated rings. The van der Waals surface area contributed by atoms with E-state index in [1.165, 1.54) is 24.6 Å². The van der Waals surface area contributed by atoms with Crippen LogP contribution in [0.2, 0.25) is 0 Å². The Morgan fingerprint density at radius 2 is 1.90 bits per heavy atom. The average Bonchev–Trinajstić information content (AvgIpc) is 3.30. The van der Waals surface area contributed by atoms with Gasteiger partial charge in [0.1, 0.15) is 17.5 Å². The maximum absolute atomic E-state index is 13.0. The van der Waals surface area contributed by atoms with Crippen molar-refractivity contribution in [3.05, 3.63) is 41.6 Å². The molecule has 4 rings (SSSR count). The fraction of sp³-hybridized carbons (Fsp3) is 0.500. The Balaban J connectivity index is 1.63. The van der Waals surface area contributed by atoms with Crippen molar-refractivity contribution < 1.29 is 17.9 Å². The number of nitrogens with one attached hydrogen (secondary N) is 1. The Hall–Kier alpha value is -2.68. The molecule has 3 atom stereocenters. The van der Waals surface area contributed by atoms with Crippen LogP contribution in [0, 0.1) is 11.8 Å². The summed E-state index contributed by atoms with van der Waals surface area (Å²) < 4.78 is 33.6. The number of aromatic nitrogens is 2. The first kappa shape index (κ1) is 21.5. The summed E-state index contributed by atoms with van der Waals surface area (Å²) in [5.74, 6) is 0.537. The summed E-state index contributed by atoms with van der Waals surface area (Å²) in [5.41, 5.74) is 6.18. The minimum Gasteiger partial charge on any atom is -0.473 e. The van der Waals surface area contributed by atoms with E-state index in [-0.39, 0.29) is 33.8 Å². The van der Waals surface area contributed by atoms with Crippen LogP contribution in [-0.2, 0) is 15.4 Å². The topological polar surface area (TPSA) is 124 Å². The van der Waals surface area contributed by atoms with E-state index in [9.17, 15) is 13.2 Å². The lowest BCUT2D eigenvalue weighted by Gasteiger charge is -2.25. The molecule has 2 aromatic rings. The van der Waals surface area contributed by atoms with Crippen molar-refractivity contribution in [3.8, 4) is 5.88 Å². The molecule has 31 heavy (non-hydrogen) atoms. The highest BCUT2D eigenvalue weighted by molar-refractivity contribution is 7.90. The van der Waals surface area contributed by atoms with E-state index in [2.05, 4.69) is 14.7 Å². The van der Waals surface area contributed by atoms with Crippen LogP contribution in [0.3, 0.4) is 0 Å². The molecule has 2 heterocycles. The molecule has 8 nitrogen and oxygen atoms in total. The number of nitrogens with two attached hydrogens (primary N) is 1. The summed E-state index contributed by atoms with van der Waals surface area (Å²) in [7, 11) is -4.20. The number of carbonyl (C=O) groups is 1. The molecule has 0 radical (unpaired) electrons. The monoisotopic (exact) mass is 444 g/mol. The number of hydrogen-bond donors (Lipinski definition) is 2. The maximum Gasteiger partial charge on any atom is 0.281 e. The Kier molecular flexibility index (Phi) is 5.41. The number of fused-ring (bicyclic) bond motifs is 2. The van der Waals surface area contributed by atoms with Crippen LogP contribution in [0.5, 0.6) is 5.88 Å². The number of nitrogen functional groups attached to an aromatic ring is 1. The van der Waals surface area contributed by atoms with Gasteiger partial charge in [-0.2, -0.15) is 8.42 Å². The second-order valence-electron chi connectivity index (χ2n) is 9.47. The van der Waals surface area contributed by atoms with Crippen LogP contribution >= 0.6 is 0 Å². The zero-order valence-electron chi connectivity index (χ0n) is 18.0. The Bertz CT molecular complexity index is 1110. The number of pyridine rings is 2. The van der Waals surface area contributed by atoms with Gasteiger partial charge < -0.3 is 10.5 Å². The standard InChI is InChI=1S/C22H28N4O4S/c1-22(2,3)17-10-9-15(21(24-17)30-16-12-13-7-8-14(16)11-13)20(27)26-31(28,29)19-6-4-5-18(23)25-19/h4-6,9-10,13-14,16H,7-8,11-12H2,1-3H3,(H2,23,25)(H,26,27). The molecule has 9 heteroatoms. The van der Waals surface area contributed by atoms with Gasteiger partial charge in [0.2, 0.25) is 5.88 Å². The van der Waals surface area contributed by atoms with Crippen LogP contribution in [0.25, 0.3) is 0 Å². The fourth-order valence-corrected chi connectivity index (χ4v) is 5.35. The Morgan fingerprint density at radius 3 is 2.52 bits per heavy atom. The highest BCUT2D eigenvalue weighted by Gasteiger charge is 2.41. The fourth-order valence-electron chi connectivity index (χ4n) is 4.40. The second-order valence-corrected chi connectivity index (χ2v) is 11.1. The number of ether oxygens (including phenoxy) is 1. The summed E-state index contributed by atoms with van der Waals surface area (Å²) in [6.45, 7) is 6.06.